The topological polar surface area (TPSA) is 110 Å². The lowest BCUT2D eigenvalue weighted by atomic mass is 9.90. The SMILES string of the molecule is COc1nnc(C)cc1S(=O)(=O)NC(=O)Nc1c(C(C)C)cc(C)cc1C(C)C. The summed E-state index contributed by atoms with van der Waals surface area (Å²) in [5, 5.41) is 10.2. The first-order chi connectivity index (χ1) is 13.5. The molecule has 2 amide bonds. The van der Waals surface area contributed by atoms with Crippen molar-refractivity contribution in [1.82, 2.24) is 14.9 Å². The van der Waals surface area contributed by atoms with Crippen LogP contribution in [0.25, 0.3) is 0 Å². The summed E-state index contributed by atoms with van der Waals surface area (Å²) < 4.78 is 32.5. The molecule has 0 aliphatic carbocycles. The molecule has 0 aliphatic heterocycles. The second kappa shape index (κ2) is 8.77. The highest BCUT2D eigenvalue weighted by atomic mass is 32.2. The standard InChI is InChI=1S/C20H28N4O4S/c1-11(2)15-8-13(5)9-16(12(3)4)18(15)21-20(25)24-29(26,27)17-10-14(6)22-23-19(17)28-7/h8-12H,1-7H3,(H2,21,24,25). The molecule has 8 nitrogen and oxygen atoms in total. The maximum absolute atomic E-state index is 12.7. The van der Waals surface area contributed by atoms with Crippen molar-refractivity contribution >= 4 is 21.7 Å². The van der Waals surface area contributed by atoms with Gasteiger partial charge in [-0.25, -0.2) is 17.9 Å². The smallest absolute Gasteiger partial charge is 0.333 e. The van der Waals surface area contributed by atoms with E-state index in [1.807, 2.05) is 51.5 Å². The molecule has 0 radical (unpaired) electrons. The zero-order valence-corrected chi connectivity index (χ0v) is 18.6. The molecule has 2 aromatic rings. The lowest BCUT2D eigenvalue weighted by molar-refractivity contribution is 0.256. The molecule has 29 heavy (non-hydrogen) atoms. The van der Waals surface area contributed by atoms with Gasteiger partial charge in [0.2, 0.25) is 0 Å². The number of anilines is 1. The van der Waals surface area contributed by atoms with Crippen LogP contribution in [0.15, 0.2) is 23.1 Å². The van der Waals surface area contributed by atoms with Crippen molar-refractivity contribution in [3.05, 3.63) is 40.6 Å². The third-order valence-corrected chi connectivity index (χ3v) is 5.71. The summed E-state index contributed by atoms with van der Waals surface area (Å²) in [4.78, 5) is 12.4. The van der Waals surface area contributed by atoms with Gasteiger partial charge in [-0.2, -0.15) is 5.10 Å². The summed E-state index contributed by atoms with van der Waals surface area (Å²) in [5.41, 5.74) is 3.98. The number of aromatic nitrogens is 2. The minimum atomic E-state index is -4.21. The Labute approximate surface area is 172 Å². The van der Waals surface area contributed by atoms with Crippen molar-refractivity contribution in [2.24, 2.45) is 0 Å². The van der Waals surface area contributed by atoms with Crippen molar-refractivity contribution in [2.75, 3.05) is 12.4 Å². The van der Waals surface area contributed by atoms with Crippen LogP contribution in [-0.2, 0) is 10.0 Å². The van der Waals surface area contributed by atoms with Crippen LogP contribution in [0.1, 0.15) is 61.9 Å². The summed E-state index contributed by atoms with van der Waals surface area (Å²) >= 11 is 0. The molecule has 0 fully saturated rings. The van der Waals surface area contributed by atoms with Gasteiger partial charge in [0.1, 0.15) is 0 Å². The number of aryl methyl sites for hydroxylation is 2. The van der Waals surface area contributed by atoms with E-state index in [9.17, 15) is 13.2 Å². The van der Waals surface area contributed by atoms with E-state index in [1.54, 1.807) is 6.92 Å². The first-order valence-electron chi connectivity index (χ1n) is 9.32. The van der Waals surface area contributed by atoms with E-state index < -0.39 is 16.1 Å². The molecular formula is C20H28N4O4S. The highest BCUT2D eigenvalue weighted by molar-refractivity contribution is 7.90. The Morgan fingerprint density at radius 3 is 2.03 bits per heavy atom. The first-order valence-corrected chi connectivity index (χ1v) is 10.8. The summed E-state index contributed by atoms with van der Waals surface area (Å²) in [6.45, 7) is 11.7. The monoisotopic (exact) mass is 420 g/mol. The highest BCUT2D eigenvalue weighted by Gasteiger charge is 2.25. The van der Waals surface area contributed by atoms with Crippen molar-refractivity contribution in [3.8, 4) is 5.88 Å². The molecule has 158 valence electrons. The summed E-state index contributed by atoms with van der Waals surface area (Å²) in [7, 11) is -2.92. The van der Waals surface area contributed by atoms with Crippen LogP contribution in [0.2, 0.25) is 0 Å². The van der Waals surface area contributed by atoms with Crippen molar-refractivity contribution in [3.63, 3.8) is 0 Å². The number of hydrogen-bond donors (Lipinski definition) is 2. The number of ether oxygens (including phenoxy) is 1. The first kappa shape index (κ1) is 22.6. The van der Waals surface area contributed by atoms with Gasteiger partial charge in [-0.3, -0.25) is 0 Å². The predicted octanol–water partition coefficient (Wildman–Crippen LogP) is 3.86. The molecule has 0 saturated heterocycles. The fourth-order valence-electron chi connectivity index (χ4n) is 3.00. The van der Waals surface area contributed by atoms with Crippen LogP contribution in [-0.4, -0.2) is 31.8 Å². The average molecular weight is 421 g/mol. The molecular weight excluding hydrogens is 392 g/mol. The Hall–Kier alpha value is -2.68. The second-order valence-electron chi connectivity index (χ2n) is 7.55. The van der Waals surface area contributed by atoms with Crippen LogP contribution >= 0.6 is 0 Å². The van der Waals surface area contributed by atoms with E-state index in [4.69, 9.17) is 4.74 Å². The molecule has 0 atom stereocenters. The minimum absolute atomic E-state index is 0.145. The molecule has 1 aromatic carbocycles. The largest absolute Gasteiger partial charge is 0.479 e. The molecule has 9 heteroatoms. The summed E-state index contributed by atoms with van der Waals surface area (Å²) in [6, 6.07) is 4.45. The lowest BCUT2D eigenvalue weighted by Crippen LogP contribution is -2.35. The summed E-state index contributed by atoms with van der Waals surface area (Å²) in [5.74, 6) is 0.106. The molecule has 0 aliphatic rings. The number of urea groups is 1. The van der Waals surface area contributed by atoms with Gasteiger partial charge in [0, 0.05) is 5.69 Å². The van der Waals surface area contributed by atoms with Crippen LogP contribution in [0.5, 0.6) is 5.88 Å². The van der Waals surface area contributed by atoms with E-state index in [2.05, 4.69) is 15.5 Å². The van der Waals surface area contributed by atoms with E-state index in [-0.39, 0.29) is 22.6 Å². The third-order valence-electron chi connectivity index (χ3n) is 4.39. The fourth-order valence-corrected chi connectivity index (χ4v) is 4.09. The van der Waals surface area contributed by atoms with Crippen LogP contribution < -0.4 is 14.8 Å². The van der Waals surface area contributed by atoms with Gasteiger partial charge in [0.25, 0.3) is 15.9 Å². The van der Waals surface area contributed by atoms with Gasteiger partial charge in [0.15, 0.2) is 4.90 Å². The Morgan fingerprint density at radius 1 is 1.00 bits per heavy atom. The third kappa shape index (κ3) is 5.23. The fraction of sp³-hybridized carbons (Fsp3) is 0.450. The summed E-state index contributed by atoms with van der Waals surface area (Å²) in [6.07, 6.45) is 0. The number of nitrogens with one attached hydrogen (secondary N) is 2. The second-order valence-corrected chi connectivity index (χ2v) is 9.20. The van der Waals surface area contributed by atoms with Gasteiger partial charge < -0.3 is 10.1 Å². The molecule has 0 spiro atoms. The quantitative estimate of drug-likeness (QED) is 0.734. The van der Waals surface area contributed by atoms with E-state index in [1.165, 1.54) is 13.2 Å². The van der Waals surface area contributed by atoms with E-state index >= 15 is 0 Å². The molecule has 2 rings (SSSR count). The highest BCUT2D eigenvalue weighted by Crippen LogP contribution is 2.34. The van der Waals surface area contributed by atoms with Gasteiger partial charge >= 0.3 is 6.03 Å². The maximum Gasteiger partial charge on any atom is 0.333 e. The van der Waals surface area contributed by atoms with E-state index in [0.29, 0.717) is 11.4 Å². The van der Waals surface area contributed by atoms with Crippen LogP contribution in [0, 0.1) is 13.8 Å². The van der Waals surface area contributed by atoms with Crippen LogP contribution in [0.4, 0.5) is 10.5 Å². The number of carbonyl (C=O) groups is 1. The Balaban J connectivity index is 2.40. The minimum Gasteiger partial charge on any atom is -0.479 e. The molecule has 1 aromatic heterocycles. The van der Waals surface area contributed by atoms with Gasteiger partial charge in [0.05, 0.1) is 12.8 Å². The Kier molecular flexibility index (Phi) is 6.84. The number of carbonyl (C=O) groups excluding carboxylic acids is 1. The van der Waals surface area contributed by atoms with Gasteiger partial charge in [-0.1, -0.05) is 45.4 Å². The van der Waals surface area contributed by atoms with E-state index in [0.717, 1.165) is 16.7 Å². The number of hydrogen-bond acceptors (Lipinski definition) is 6. The van der Waals surface area contributed by atoms with Gasteiger partial charge in [-0.15, -0.1) is 5.10 Å². The van der Waals surface area contributed by atoms with Crippen molar-refractivity contribution in [1.29, 1.82) is 0 Å². The maximum atomic E-state index is 12.7. The number of amides is 2. The Morgan fingerprint density at radius 2 is 1.55 bits per heavy atom. The number of sulfonamides is 1. The molecule has 1 heterocycles. The molecule has 2 N–H and O–H groups in total. The number of methoxy groups -OCH3 is 1. The van der Waals surface area contributed by atoms with Crippen molar-refractivity contribution < 1.29 is 17.9 Å². The zero-order chi connectivity index (χ0) is 21.9. The normalized spacial score (nSPS) is 11.6. The van der Waals surface area contributed by atoms with Crippen molar-refractivity contribution in [2.45, 2.75) is 58.3 Å². The zero-order valence-electron chi connectivity index (χ0n) is 17.8. The lowest BCUT2D eigenvalue weighted by Gasteiger charge is -2.21. The average Bonchev–Trinajstić information content (AvgIpc) is 2.61. The number of benzene rings is 1. The predicted molar refractivity (Wildman–Crippen MR) is 112 cm³/mol. The molecule has 0 bridgehead atoms. The number of nitrogens with zero attached hydrogens (tertiary/aromatic N) is 2. The molecule has 0 unspecified atom stereocenters. The molecule has 0 saturated carbocycles. The Bertz CT molecular complexity index is 988. The number of rotatable bonds is 6. The van der Waals surface area contributed by atoms with Crippen LogP contribution in [0.3, 0.4) is 0 Å². The van der Waals surface area contributed by atoms with Gasteiger partial charge in [-0.05, 0) is 42.9 Å².